The first-order valence-electron chi connectivity index (χ1n) is 9.91. The summed E-state index contributed by atoms with van der Waals surface area (Å²) in [4.78, 5) is 26.9. The number of nitrogens with one attached hydrogen (secondary N) is 1. The molecule has 0 unspecified atom stereocenters. The van der Waals surface area contributed by atoms with E-state index in [1.807, 2.05) is 13.0 Å². The highest BCUT2D eigenvalue weighted by atomic mass is 16.5. The maximum absolute atomic E-state index is 12.7. The van der Waals surface area contributed by atoms with E-state index in [9.17, 15) is 9.59 Å². The quantitative estimate of drug-likeness (QED) is 0.769. The number of nitrogens with zero attached hydrogens (tertiary/aromatic N) is 1. The lowest BCUT2D eigenvalue weighted by Gasteiger charge is -2.31. The van der Waals surface area contributed by atoms with Crippen LogP contribution < -0.4 is 5.32 Å². The van der Waals surface area contributed by atoms with E-state index in [2.05, 4.69) is 34.5 Å². The SMILES string of the molecule is CCOC(=O)c1ccc(NC(=O)C2CCN(Cc3ccccc3)CC2)c(C)c1. The molecule has 2 aromatic rings. The number of esters is 1. The Morgan fingerprint density at radius 2 is 1.82 bits per heavy atom. The molecule has 1 saturated heterocycles. The Morgan fingerprint density at radius 1 is 1.11 bits per heavy atom. The molecule has 2 aromatic carbocycles. The molecule has 0 aliphatic carbocycles. The summed E-state index contributed by atoms with van der Waals surface area (Å²) in [6.07, 6.45) is 1.72. The summed E-state index contributed by atoms with van der Waals surface area (Å²) in [7, 11) is 0. The lowest BCUT2D eigenvalue weighted by Crippen LogP contribution is -2.37. The van der Waals surface area contributed by atoms with Gasteiger partial charge >= 0.3 is 5.97 Å². The van der Waals surface area contributed by atoms with Gasteiger partial charge in [0.25, 0.3) is 0 Å². The fraction of sp³-hybridized carbons (Fsp3) is 0.391. The van der Waals surface area contributed by atoms with Crippen LogP contribution in [0, 0.1) is 12.8 Å². The number of rotatable bonds is 6. The topological polar surface area (TPSA) is 58.6 Å². The number of hydrogen-bond acceptors (Lipinski definition) is 4. The molecule has 5 heteroatoms. The highest BCUT2D eigenvalue weighted by molar-refractivity contribution is 5.95. The van der Waals surface area contributed by atoms with Gasteiger partial charge in [-0.2, -0.15) is 0 Å². The summed E-state index contributed by atoms with van der Waals surface area (Å²) in [6, 6.07) is 15.7. The van der Waals surface area contributed by atoms with Crippen LogP contribution in [0.25, 0.3) is 0 Å². The second-order valence-electron chi connectivity index (χ2n) is 7.28. The van der Waals surface area contributed by atoms with Crippen molar-refractivity contribution < 1.29 is 14.3 Å². The first kappa shape index (κ1) is 20.1. The Kier molecular flexibility index (Phi) is 6.82. The summed E-state index contributed by atoms with van der Waals surface area (Å²) in [5.74, 6) is -0.253. The Labute approximate surface area is 166 Å². The van der Waals surface area contributed by atoms with Crippen molar-refractivity contribution in [3.8, 4) is 0 Å². The van der Waals surface area contributed by atoms with Crippen molar-refractivity contribution in [2.24, 2.45) is 5.92 Å². The smallest absolute Gasteiger partial charge is 0.338 e. The molecule has 1 fully saturated rings. The number of anilines is 1. The second kappa shape index (κ2) is 9.51. The van der Waals surface area contributed by atoms with Gasteiger partial charge in [0.05, 0.1) is 12.2 Å². The number of hydrogen-bond donors (Lipinski definition) is 1. The van der Waals surface area contributed by atoms with Crippen LogP contribution in [0.3, 0.4) is 0 Å². The minimum atomic E-state index is -0.339. The third-order valence-electron chi connectivity index (χ3n) is 5.20. The lowest BCUT2D eigenvalue weighted by atomic mass is 9.95. The van der Waals surface area contributed by atoms with Gasteiger partial charge in [0.1, 0.15) is 0 Å². The normalized spacial score (nSPS) is 15.2. The molecule has 3 rings (SSSR count). The highest BCUT2D eigenvalue weighted by Crippen LogP contribution is 2.23. The maximum atomic E-state index is 12.7. The zero-order chi connectivity index (χ0) is 19.9. The predicted octanol–water partition coefficient (Wildman–Crippen LogP) is 4.02. The van der Waals surface area contributed by atoms with Crippen LogP contribution in [-0.2, 0) is 16.1 Å². The molecule has 0 spiro atoms. The maximum Gasteiger partial charge on any atom is 0.338 e. The van der Waals surface area contributed by atoms with Crippen molar-refractivity contribution >= 4 is 17.6 Å². The molecular weight excluding hydrogens is 352 g/mol. The monoisotopic (exact) mass is 380 g/mol. The van der Waals surface area contributed by atoms with E-state index in [0.717, 1.165) is 43.7 Å². The van der Waals surface area contributed by atoms with Crippen molar-refractivity contribution in [1.29, 1.82) is 0 Å². The van der Waals surface area contributed by atoms with Crippen molar-refractivity contribution in [2.75, 3.05) is 25.0 Å². The molecule has 1 amide bonds. The van der Waals surface area contributed by atoms with Crippen LogP contribution >= 0.6 is 0 Å². The van der Waals surface area contributed by atoms with Crippen LogP contribution in [0.4, 0.5) is 5.69 Å². The van der Waals surface area contributed by atoms with Crippen LogP contribution in [0.1, 0.15) is 41.3 Å². The summed E-state index contributed by atoms with van der Waals surface area (Å²) in [6.45, 7) is 6.80. The van der Waals surface area contributed by atoms with Crippen molar-refractivity contribution in [2.45, 2.75) is 33.2 Å². The van der Waals surface area contributed by atoms with Gasteiger partial charge in [-0.25, -0.2) is 4.79 Å². The molecule has 1 aliphatic heterocycles. The van der Waals surface area contributed by atoms with Crippen LogP contribution in [0.15, 0.2) is 48.5 Å². The minimum Gasteiger partial charge on any atom is -0.462 e. The summed E-state index contributed by atoms with van der Waals surface area (Å²) < 4.78 is 5.02. The number of piperidine rings is 1. The molecule has 28 heavy (non-hydrogen) atoms. The van der Waals surface area contributed by atoms with Gasteiger partial charge in [0.15, 0.2) is 0 Å². The van der Waals surface area contributed by atoms with Crippen molar-refractivity contribution in [3.05, 3.63) is 65.2 Å². The molecule has 0 bridgehead atoms. The second-order valence-corrected chi connectivity index (χ2v) is 7.28. The molecule has 5 nitrogen and oxygen atoms in total. The summed E-state index contributed by atoms with van der Waals surface area (Å²) in [5.41, 5.74) is 3.43. The Bertz CT molecular complexity index is 812. The molecule has 148 valence electrons. The van der Waals surface area contributed by atoms with Crippen LogP contribution in [0.5, 0.6) is 0 Å². The van der Waals surface area contributed by atoms with Gasteiger partial charge in [-0.3, -0.25) is 9.69 Å². The van der Waals surface area contributed by atoms with Gasteiger partial charge in [0, 0.05) is 18.2 Å². The van der Waals surface area contributed by atoms with E-state index in [1.165, 1.54) is 5.56 Å². The lowest BCUT2D eigenvalue weighted by molar-refractivity contribution is -0.121. The number of aryl methyl sites for hydroxylation is 1. The van der Waals surface area contributed by atoms with Crippen LogP contribution in [0.2, 0.25) is 0 Å². The zero-order valence-electron chi connectivity index (χ0n) is 16.6. The average molecular weight is 380 g/mol. The number of carbonyl (C=O) groups is 2. The van der Waals surface area contributed by atoms with Gasteiger partial charge in [-0.15, -0.1) is 0 Å². The zero-order valence-corrected chi connectivity index (χ0v) is 16.6. The third-order valence-corrected chi connectivity index (χ3v) is 5.20. The van der Waals surface area contributed by atoms with Crippen molar-refractivity contribution in [3.63, 3.8) is 0 Å². The number of carbonyl (C=O) groups excluding carboxylic acids is 2. The molecule has 0 radical (unpaired) electrons. The van der Waals surface area contributed by atoms with Gasteiger partial charge in [0.2, 0.25) is 5.91 Å². The number of benzene rings is 2. The molecule has 0 saturated carbocycles. The van der Waals surface area contributed by atoms with E-state index >= 15 is 0 Å². The molecular formula is C23H28N2O3. The van der Waals surface area contributed by atoms with E-state index in [0.29, 0.717) is 12.2 Å². The standard InChI is InChI=1S/C23H28N2O3/c1-3-28-23(27)20-9-10-21(17(2)15-20)24-22(26)19-11-13-25(14-12-19)16-18-7-5-4-6-8-18/h4-10,15,19H,3,11-14,16H2,1-2H3,(H,24,26). The highest BCUT2D eigenvalue weighted by Gasteiger charge is 2.25. The molecule has 1 heterocycles. The minimum absolute atomic E-state index is 0.0242. The molecule has 1 aliphatic rings. The first-order valence-corrected chi connectivity index (χ1v) is 9.91. The number of likely N-dealkylation sites (tertiary alicyclic amines) is 1. The van der Waals surface area contributed by atoms with E-state index in [1.54, 1.807) is 25.1 Å². The van der Waals surface area contributed by atoms with Gasteiger partial charge in [-0.1, -0.05) is 30.3 Å². The van der Waals surface area contributed by atoms with Crippen molar-refractivity contribution in [1.82, 2.24) is 4.90 Å². The first-order chi connectivity index (χ1) is 13.6. The third kappa shape index (κ3) is 5.20. The number of ether oxygens (including phenoxy) is 1. The van der Waals surface area contributed by atoms with Crippen LogP contribution in [-0.4, -0.2) is 36.5 Å². The van der Waals surface area contributed by atoms with E-state index in [4.69, 9.17) is 4.74 Å². The molecule has 1 N–H and O–H groups in total. The summed E-state index contributed by atoms with van der Waals surface area (Å²) >= 11 is 0. The molecule has 0 aromatic heterocycles. The number of amides is 1. The summed E-state index contributed by atoms with van der Waals surface area (Å²) in [5, 5.41) is 3.03. The van der Waals surface area contributed by atoms with E-state index in [-0.39, 0.29) is 17.8 Å². The Balaban J connectivity index is 1.52. The van der Waals surface area contributed by atoms with Gasteiger partial charge in [-0.05, 0) is 69.1 Å². The fourth-order valence-corrected chi connectivity index (χ4v) is 3.57. The molecule has 0 atom stereocenters. The Hall–Kier alpha value is -2.66. The van der Waals surface area contributed by atoms with E-state index < -0.39 is 0 Å². The fourth-order valence-electron chi connectivity index (χ4n) is 3.57. The average Bonchev–Trinajstić information content (AvgIpc) is 2.71. The predicted molar refractivity (Wildman–Crippen MR) is 110 cm³/mol. The largest absolute Gasteiger partial charge is 0.462 e. The Morgan fingerprint density at radius 3 is 2.46 bits per heavy atom. The van der Waals surface area contributed by atoms with Gasteiger partial charge < -0.3 is 10.1 Å².